The van der Waals surface area contributed by atoms with Gasteiger partial charge in [0.25, 0.3) is 0 Å². The normalized spacial score (nSPS) is 11.4. The SMILES string of the molecule is CC(C)NCc1c(Oc2cccc(Br)c2)nc2sccn12. The molecule has 0 aliphatic carbocycles. The highest BCUT2D eigenvalue weighted by molar-refractivity contribution is 9.10. The van der Waals surface area contributed by atoms with Crippen molar-refractivity contribution >= 4 is 32.2 Å². The van der Waals surface area contributed by atoms with E-state index in [0.717, 1.165) is 27.4 Å². The molecule has 0 fully saturated rings. The van der Waals surface area contributed by atoms with Crippen LogP contribution in [0.5, 0.6) is 11.6 Å². The lowest BCUT2D eigenvalue weighted by Gasteiger charge is -2.10. The maximum absolute atomic E-state index is 5.97. The molecule has 2 heterocycles. The number of hydrogen-bond acceptors (Lipinski definition) is 4. The summed E-state index contributed by atoms with van der Waals surface area (Å²) >= 11 is 5.06. The molecule has 21 heavy (non-hydrogen) atoms. The molecule has 3 aromatic rings. The average Bonchev–Trinajstić information content (AvgIpc) is 2.97. The molecule has 0 aliphatic heterocycles. The van der Waals surface area contributed by atoms with Crippen molar-refractivity contribution in [1.82, 2.24) is 14.7 Å². The van der Waals surface area contributed by atoms with Gasteiger partial charge in [-0.15, -0.1) is 11.3 Å². The summed E-state index contributed by atoms with van der Waals surface area (Å²) in [7, 11) is 0. The number of hydrogen-bond donors (Lipinski definition) is 1. The summed E-state index contributed by atoms with van der Waals surface area (Å²) < 4.78 is 9.04. The highest BCUT2D eigenvalue weighted by Crippen LogP contribution is 2.29. The van der Waals surface area contributed by atoms with E-state index in [9.17, 15) is 0 Å². The van der Waals surface area contributed by atoms with Gasteiger partial charge in [-0.3, -0.25) is 4.40 Å². The quantitative estimate of drug-likeness (QED) is 0.725. The van der Waals surface area contributed by atoms with Gasteiger partial charge in [0.2, 0.25) is 5.88 Å². The Morgan fingerprint density at radius 2 is 2.29 bits per heavy atom. The molecular formula is C15H16BrN3OS. The Hall–Kier alpha value is -1.37. The molecule has 0 spiro atoms. The van der Waals surface area contributed by atoms with E-state index in [-0.39, 0.29) is 0 Å². The summed E-state index contributed by atoms with van der Waals surface area (Å²) in [5.74, 6) is 1.44. The fourth-order valence-corrected chi connectivity index (χ4v) is 3.10. The molecule has 0 unspecified atom stereocenters. The summed E-state index contributed by atoms with van der Waals surface area (Å²) in [6.45, 7) is 4.97. The molecule has 6 heteroatoms. The summed E-state index contributed by atoms with van der Waals surface area (Å²) in [6.07, 6.45) is 2.03. The van der Waals surface area contributed by atoms with Crippen LogP contribution in [0.1, 0.15) is 19.5 Å². The van der Waals surface area contributed by atoms with Crippen molar-refractivity contribution in [3.63, 3.8) is 0 Å². The first-order valence-corrected chi connectivity index (χ1v) is 8.42. The van der Waals surface area contributed by atoms with E-state index >= 15 is 0 Å². The Morgan fingerprint density at radius 3 is 3.05 bits per heavy atom. The first kappa shape index (κ1) is 14.6. The van der Waals surface area contributed by atoms with Crippen LogP contribution in [0.4, 0.5) is 0 Å². The monoisotopic (exact) mass is 365 g/mol. The van der Waals surface area contributed by atoms with Gasteiger partial charge in [0.15, 0.2) is 4.96 Å². The smallest absolute Gasteiger partial charge is 0.243 e. The Balaban J connectivity index is 1.93. The molecule has 0 aliphatic rings. The lowest BCUT2D eigenvalue weighted by molar-refractivity contribution is 0.452. The highest BCUT2D eigenvalue weighted by Gasteiger charge is 2.15. The van der Waals surface area contributed by atoms with E-state index < -0.39 is 0 Å². The van der Waals surface area contributed by atoms with Gasteiger partial charge in [-0.25, -0.2) is 0 Å². The van der Waals surface area contributed by atoms with Crippen LogP contribution in [0.2, 0.25) is 0 Å². The molecule has 0 radical (unpaired) electrons. The van der Waals surface area contributed by atoms with Crippen LogP contribution in [0.15, 0.2) is 40.3 Å². The van der Waals surface area contributed by atoms with Gasteiger partial charge in [0.05, 0.1) is 0 Å². The van der Waals surface area contributed by atoms with Crippen LogP contribution in [0, 0.1) is 0 Å². The molecule has 3 rings (SSSR count). The average molecular weight is 366 g/mol. The zero-order valence-electron chi connectivity index (χ0n) is 11.8. The first-order chi connectivity index (χ1) is 10.1. The molecular weight excluding hydrogens is 350 g/mol. The zero-order chi connectivity index (χ0) is 14.8. The van der Waals surface area contributed by atoms with Crippen molar-refractivity contribution in [2.24, 2.45) is 0 Å². The first-order valence-electron chi connectivity index (χ1n) is 6.74. The number of halogens is 1. The summed E-state index contributed by atoms with van der Waals surface area (Å²) in [5.41, 5.74) is 1.04. The van der Waals surface area contributed by atoms with Crippen molar-refractivity contribution < 1.29 is 4.74 Å². The van der Waals surface area contributed by atoms with Crippen molar-refractivity contribution in [3.05, 3.63) is 46.0 Å². The molecule has 0 saturated carbocycles. The molecule has 0 saturated heterocycles. The second-order valence-electron chi connectivity index (χ2n) is 5.01. The lowest BCUT2D eigenvalue weighted by Crippen LogP contribution is -2.22. The van der Waals surface area contributed by atoms with Gasteiger partial charge < -0.3 is 10.1 Å². The van der Waals surface area contributed by atoms with E-state index in [1.54, 1.807) is 11.3 Å². The van der Waals surface area contributed by atoms with Crippen LogP contribution in [-0.2, 0) is 6.54 Å². The molecule has 0 atom stereocenters. The molecule has 1 N–H and O–H groups in total. The second kappa shape index (κ2) is 6.17. The Labute approximate surface area is 135 Å². The van der Waals surface area contributed by atoms with Gasteiger partial charge in [0, 0.05) is 28.6 Å². The Kier molecular flexibility index (Phi) is 4.28. The van der Waals surface area contributed by atoms with Gasteiger partial charge >= 0.3 is 0 Å². The van der Waals surface area contributed by atoms with Gasteiger partial charge in [-0.1, -0.05) is 35.8 Å². The number of ether oxygens (including phenoxy) is 1. The van der Waals surface area contributed by atoms with Crippen molar-refractivity contribution in [3.8, 4) is 11.6 Å². The maximum Gasteiger partial charge on any atom is 0.243 e. The topological polar surface area (TPSA) is 38.6 Å². The van der Waals surface area contributed by atoms with E-state index in [1.807, 2.05) is 35.8 Å². The summed E-state index contributed by atoms with van der Waals surface area (Å²) in [4.78, 5) is 5.52. The molecule has 0 bridgehead atoms. The fraction of sp³-hybridized carbons (Fsp3) is 0.267. The molecule has 110 valence electrons. The third-order valence-corrected chi connectivity index (χ3v) is 4.26. The maximum atomic E-state index is 5.97. The van der Waals surface area contributed by atoms with E-state index in [0.29, 0.717) is 11.9 Å². The number of aromatic nitrogens is 2. The van der Waals surface area contributed by atoms with Gasteiger partial charge in [-0.2, -0.15) is 4.98 Å². The van der Waals surface area contributed by atoms with Crippen LogP contribution in [-0.4, -0.2) is 15.4 Å². The number of nitrogens with zero attached hydrogens (tertiary/aromatic N) is 2. The summed E-state index contributed by atoms with van der Waals surface area (Å²) in [5, 5.41) is 5.45. The van der Waals surface area contributed by atoms with E-state index in [1.165, 1.54) is 0 Å². The summed E-state index contributed by atoms with van der Waals surface area (Å²) in [6, 6.07) is 8.20. The molecule has 2 aromatic heterocycles. The van der Waals surface area contributed by atoms with Crippen LogP contribution < -0.4 is 10.1 Å². The van der Waals surface area contributed by atoms with Crippen LogP contribution >= 0.6 is 27.3 Å². The Bertz CT molecular complexity index is 750. The molecule has 4 nitrogen and oxygen atoms in total. The molecule has 0 amide bonds. The van der Waals surface area contributed by atoms with E-state index in [2.05, 4.69) is 44.5 Å². The predicted molar refractivity (Wildman–Crippen MR) is 89.3 cm³/mol. The number of thiazole rings is 1. The van der Waals surface area contributed by atoms with Gasteiger partial charge in [0.1, 0.15) is 11.4 Å². The minimum atomic E-state index is 0.410. The zero-order valence-corrected chi connectivity index (χ0v) is 14.2. The predicted octanol–water partition coefficient (Wildman–Crippen LogP) is 4.45. The molecule has 1 aromatic carbocycles. The third-order valence-electron chi connectivity index (χ3n) is 3.01. The largest absolute Gasteiger partial charge is 0.437 e. The van der Waals surface area contributed by atoms with Crippen LogP contribution in [0.3, 0.4) is 0 Å². The van der Waals surface area contributed by atoms with E-state index in [4.69, 9.17) is 4.74 Å². The van der Waals surface area contributed by atoms with Crippen LogP contribution in [0.25, 0.3) is 4.96 Å². The third kappa shape index (κ3) is 3.28. The number of imidazole rings is 1. The van der Waals surface area contributed by atoms with Crippen molar-refractivity contribution in [2.45, 2.75) is 26.4 Å². The second-order valence-corrected chi connectivity index (χ2v) is 6.80. The fourth-order valence-electron chi connectivity index (χ4n) is 2.00. The van der Waals surface area contributed by atoms with Gasteiger partial charge in [-0.05, 0) is 18.2 Å². The lowest BCUT2D eigenvalue weighted by atomic mass is 10.3. The highest BCUT2D eigenvalue weighted by atomic mass is 79.9. The van der Waals surface area contributed by atoms with Crippen molar-refractivity contribution in [2.75, 3.05) is 0 Å². The van der Waals surface area contributed by atoms with Crippen molar-refractivity contribution in [1.29, 1.82) is 0 Å². The Morgan fingerprint density at radius 1 is 1.43 bits per heavy atom. The number of benzene rings is 1. The minimum Gasteiger partial charge on any atom is -0.437 e. The number of rotatable bonds is 5. The number of fused-ring (bicyclic) bond motifs is 1. The minimum absolute atomic E-state index is 0.410. The standard InChI is InChI=1S/C15H16BrN3OS/c1-10(2)17-9-13-14(18-15-19(13)6-7-21-15)20-12-5-3-4-11(16)8-12/h3-8,10,17H,9H2,1-2H3. The number of nitrogens with one attached hydrogen (secondary N) is 1.